The number of hydrogen-bond donors (Lipinski definition) is 1. The highest BCUT2D eigenvalue weighted by atomic mass is 32.1. The Morgan fingerprint density at radius 2 is 1.95 bits per heavy atom. The Bertz CT molecular complexity index is 565. The second-order valence-electron chi connectivity index (χ2n) is 4.51. The summed E-state index contributed by atoms with van der Waals surface area (Å²) in [5.74, 6) is 1.71. The molecule has 0 saturated heterocycles. The van der Waals surface area contributed by atoms with E-state index in [0.717, 1.165) is 37.7 Å². The molecule has 0 bridgehead atoms. The van der Waals surface area contributed by atoms with Crippen molar-refractivity contribution in [3.63, 3.8) is 0 Å². The topological polar surface area (TPSA) is 30.5 Å². The minimum absolute atomic E-state index is 0.728. The quantitative estimate of drug-likeness (QED) is 0.932. The normalized spacial score (nSPS) is 14.2. The molecule has 0 aliphatic carbocycles. The van der Waals surface area contributed by atoms with E-state index in [9.17, 15) is 0 Å². The first-order valence-electron chi connectivity index (χ1n) is 6.50. The lowest BCUT2D eigenvalue weighted by Gasteiger charge is -2.08. The molecule has 1 N–H and O–H groups in total. The Morgan fingerprint density at radius 1 is 1.11 bits per heavy atom. The van der Waals surface area contributed by atoms with E-state index in [2.05, 4.69) is 29.6 Å². The first-order valence-corrected chi connectivity index (χ1v) is 7.32. The lowest BCUT2D eigenvalue weighted by atomic mass is 10.1. The maximum Gasteiger partial charge on any atom is 0.161 e. The molecule has 1 aromatic carbocycles. The van der Waals surface area contributed by atoms with Crippen LogP contribution in [0.1, 0.15) is 11.3 Å². The highest BCUT2D eigenvalue weighted by molar-refractivity contribution is 7.15. The predicted molar refractivity (Wildman–Crippen MR) is 78.1 cm³/mol. The SMILES string of the molecule is CNCc1ccc(-c2ccc3c(c2)OCCCO3)s1. The molecule has 1 aromatic heterocycles. The zero-order valence-corrected chi connectivity index (χ0v) is 11.8. The average molecular weight is 275 g/mol. The molecule has 2 aromatic rings. The van der Waals surface area contributed by atoms with Crippen molar-refractivity contribution in [1.82, 2.24) is 5.32 Å². The van der Waals surface area contributed by atoms with E-state index in [-0.39, 0.29) is 0 Å². The smallest absolute Gasteiger partial charge is 0.161 e. The summed E-state index contributed by atoms with van der Waals surface area (Å²) in [5, 5.41) is 3.17. The molecular weight excluding hydrogens is 258 g/mol. The minimum atomic E-state index is 0.728. The summed E-state index contributed by atoms with van der Waals surface area (Å²) in [6, 6.07) is 10.5. The van der Waals surface area contributed by atoms with Crippen LogP contribution in [-0.2, 0) is 6.54 Å². The van der Waals surface area contributed by atoms with Gasteiger partial charge in [0.05, 0.1) is 13.2 Å². The summed E-state index contributed by atoms with van der Waals surface area (Å²) in [7, 11) is 1.97. The number of fused-ring (bicyclic) bond motifs is 1. The molecule has 0 saturated carbocycles. The van der Waals surface area contributed by atoms with Crippen molar-refractivity contribution in [3.05, 3.63) is 35.2 Å². The van der Waals surface area contributed by atoms with Gasteiger partial charge in [0, 0.05) is 22.7 Å². The molecule has 4 heteroatoms. The summed E-state index contributed by atoms with van der Waals surface area (Å²) in [6.45, 7) is 2.37. The maximum atomic E-state index is 5.73. The number of benzene rings is 1. The van der Waals surface area contributed by atoms with Gasteiger partial charge >= 0.3 is 0 Å². The lowest BCUT2D eigenvalue weighted by Crippen LogP contribution is -2.02. The molecule has 0 fully saturated rings. The third-order valence-electron chi connectivity index (χ3n) is 3.04. The van der Waals surface area contributed by atoms with E-state index in [0.29, 0.717) is 0 Å². The van der Waals surface area contributed by atoms with Crippen molar-refractivity contribution in [2.45, 2.75) is 13.0 Å². The molecule has 2 heterocycles. The van der Waals surface area contributed by atoms with Gasteiger partial charge in [-0.3, -0.25) is 0 Å². The van der Waals surface area contributed by atoms with Gasteiger partial charge < -0.3 is 14.8 Å². The summed E-state index contributed by atoms with van der Waals surface area (Å²) < 4.78 is 11.4. The molecule has 100 valence electrons. The second kappa shape index (κ2) is 5.63. The standard InChI is InChI=1S/C15H17NO2S/c1-16-10-12-4-6-15(19-12)11-3-5-13-14(9-11)18-8-2-7-17-13/h3-6,9,16H,2,7-8,10H2,1H3. The Balaban J connectivity index is 1.89. The van der Waals surface area contributed by atoms with Gasteiger partial charge in [-0.15, -0.1) is 11.3 Å². The van der Waals surface area contributed by atoms with Gasteiger partial charge in [-0.05, 0) is 42.9 Å². The van der Waals surface area contributed by atoms with E-state index in [4.69, 9.17) is 9.47 Å². The number of thiophene rings is 1. The fourth-order valence-electron chi connectivity index (χ4n) is 2.12. The van der Waals surface area contributed by atoms with Crippen molar-refractivity contribution in [1.29, 1.82) is 0 Å². The molecule has 0 radical (unpaired) electrons. The van der Waals surface area contributed by atoms with E-state index in [1.807, 2.05) is 24.5 Å². The van der Waals surface area contributed by atoms with Crippen molar-refractivity contribution < 1.29 is 9.47 Å². The lowest BCUT2D eigenvalue weighted by molar-refractivity contribution is 0.297. The molecule has 1 aliphatic rings. The number of rotatable bonds is 3. The molecule has 19 heavy (non-hydrogen) atoms. The van der Waals surface area contributed by atoms with E-state index < -0.39 is 0 Å². The van der Waals surface area contributed by atoms with Gasteiger partial charge in [-0.2, -0.15) is 0 Å². The highest BCUT2D eigenvalue weighted by Crippen LogP contribution is 2.36. The highest BCUT2D eigenvalue weighted by Gasteiger charge is 2.12. The molecule has 0 amide bonds. The Labute approximate surface area is 117 Å². The van der Waals surface area contributed by atoms with E-state index in [1.165, 1.54) is 15.3 Å². The first-order chi connectivity index (χ1) is 9.36. The zero-order valence-electron chi connectivity index (χ0n) is 10.9. The number of hydrogen-bond acceptors (Lipinski definition) is 4. The number of ether oxygens (including phenoxy) is 2. The monoisotopic (exact) mass is 275 g/mol. The average Bonchev–Trinajstić information content (AvgIpc) is 2.76. The Kier molecular flexibility index (Phi) is 3.71. The van der Waals surface area contributed by atoms with Gasteiger partial charge in [-0.1, -0.05) is 0 Å². The van der Waals surface area contributed by atoms with Crippen molar-refractivity contribution in [2.75, 3.05) is 20.3 Å². The van der Waals surface area contributed by atoms with Crippen LogP contribution < -0.4 is 14.8 Å². The van der Waals surface area contributed by atoms with Gasteiger partial charge in [0.25, 0.3) is 0 Å². The van der Waals surface area contributed by atoms with Crippen LogP contribution in [0.25, 0.3) is 10.4 Å². The van der Waals surface area contributed by atoms with Crippen LogP contribution in [0.3, 0.4) is 0 Å². The van der Waals surface area contributed by atoms with Gasteiger partial charge in [0.1, 0.15) is 0 Å². The second-order valence-corrected chi connectivity index (χ2v) is 5.68. The zero-order chi connectivity index (χ0) is 13.1. The summed E-state index contributed by atoms with van der Waals surface area (Å²) in [5.41, 5.74) is 1.19. The summed E-state index contributed by atoms with van der Waals surface area (Å²) in [6.07, 6.45) is 0.940. The maximum absolute atomic E-state index is 5.73. The third kappa shape index (κ3) is 2.74. The summed E-state index contributed by atoms with van der Waals surface area (Å²) in [4.78, 5) is 2.60. The molecule has 0 atom stereocenters. The van der Waals surface area contributed by atoms with Crippen molar-refractivity contribution in [3.8, 4) is 21.9 Å². The molecule has 3 nitrogen and oxygen atoms in total. The molecule has 0 spiro atoms. The van der Waals surface area contributed by atoms with Crippen LogP contribution in [0.4, 0.5) is 0 Å². The van der Waals surface area contributed by atoms with Gasteiger partial charge in [-0.25, -0.2) is 0 Å². The predicted octanol–water partition coefficient (Wildman–Crippen LogP) is 3.30. The van der Waals surface area contributed by atoms with Crippen LogP contribution in [0, 0.1) is 0 Å². The molecular formula is C15H17NO2S. The first kappa shape index (κ1) is 12.5. The van der Waals surface area contributed by atoms with Gasteiger partial charge in [0.2, 0.25) is 0 Å². The Hall–Kier alpha value is -1.52. The third-order valence-corrected chi connectivity index (χ3v) is 4.18. The van der Waals surface area contributed by atoms with Crippen LogP contribution in [-0.4, -0.2) is 20.3 Å². The number of nitrogens with one attached hydrogen (secondary N) is 1. The largest absolute Gasteiger partial charge is 0.490 e. The van der Waals surface area contributed by atoms with E-state index >= 15 is 0 Å². The molecule has 3 rings (SSSR count). The van der Waals surface area contributed by atoms with Crippen LogP contribution in [0.5, 0.6) is 11.5 Å². The van der Waals surface area contributed by atoms with Crippen LogP contribution in [0.15, 0.2) is 30.3 Å². The minimum Gasteiger partial charge on any atom is -0.490 e. The fourth-order valence-corrected chi connectivity index (χ4v) is 3.13. The fraction of sp³-hybridized carbons (Fsp3) is 0.333. The van der Waals surface area contributed by atoms with Gasteiger partial charge in [0.15, 0.2) is 11.5 Å². The molecule has 1 aliphatic heterocycles. The summed E-state index contributed by atoms with van der Waals surface area (Å²) >= 11 is 1.81. The van der Waals surface area contributed by atoms with Crippen molar-refractivity contribution >= 4 is 11.3 Å². The van der Waals surface area contributed by atoms with E-state index in [1.54, 1.807) is 0 Å². The Morgan fingerprint density at radius 3 is 2.79 bits per heavy atom. The van der Waals surface area contributed by atoms with Crippen LogP contribution in [0.2, 0.25) is 0 Å². The van der Waals surface area contributed by atoms with Crippen LogP contribution >= 0.6 is 11.3 Å². The molecule has 0 unspecified atom stereocenters. The van der Waals surface area contributed by atoms with Crippen molar-refractivity contribution in [2.24, 2.45) is 0 Å².